The molecule has 17 heavy (non-hydrogen) atoms. The van der Waals surface area contributed by atoms with Gasteiger partial charge in [0.2, 0.25) is 11.8 Å². The number of aromatic hydroxyl groups is 2. The van der Waals surface area contributed by atoms with Crippen LogP contribution in [0.15, 0.2) is 24.5 Å². The van der Waals surface area contributed by atoms with Crippen LogP contribution in [0.1, 0.15) is 11.1 Å². The van der Waals surface area contributed by atoms with Gasteiger partial charge in [0.25, 0.3) is 0 Å². The van der Waals surface area contributed by atoms with Crippen molar-refractivity contribution in [2.24, 2.45) is 0 Å². The van der Waals surface area contributed by atoms with Crippen LogP contribution in [0, 0.1) is 11.6 Å². The maximum Gasteiger partial charge on any atom is 0.221 e. The van der Waals surface area contributed by atoms with E-state index in [0.717, 1.165) is 24.5 Å². The molecule has 0 spiro atoms. The van der Waals surface area contributed by atoms with Gasteiger partial charge in [0.1, 0.15) is 18.0 Å². The zero-order chi connectivity index (χ0) is 12.4. The number of halogens is 2. The Kier molecular flexibility index (Phi) is 2.86. The van der Waals surface area contributed by atoms with Gasteiger partial charge < -0.3 is 10.2 Å². The second kappa shape index (κ2) is 4.32. The number of hydrogen-bond donors (Lipinski definition) is 2. The molecule has 0 aliphatic heterocycles. The Morgan fingerprint density at radius 2 is 1.71 bits per heavy atom. The van der Waals surface area contributed by atoms with Crippen LogP contribution in [0.2, 0.25) is 0 Å². The average Bonchev–Trinajstić information content (AvgIpc) is 2.28. The molecule has 0 fully saturated rings. The molecule has 1 heterocycles. The van der Waals surface area contributed by atoms with Crippen LogP contribution in [0.5, 0.6) is 11.8 Å². The van der Waals surface area contributed by atoms with Gasteiger partial charge in [0.15, 0.2) is 0 Å². The summed E-state index contributed by atoms with van der Waals surface area (Å²) in [6.07, 6.45) is 0.776. The lowest BCUT2D eigenvalue weighted by Gasteiger charge is -2.06. The van der Waals surface area contributed by atoms with E-state index >= 15 is 0 Å². The summed E-state index contributed by atoms with van der Waals surface area (Å²) in [5.74, 6) is -2.14. The number of aromatic nitrogens is 2. The molecule has 2 rings (SSSR count). The lowest BCUT2D eigenvalue weighted by Crippen LogP contribution is -1.97. The molecule has 1 aromatic heterocycles. The number of nitrogens with zero attached hydrogens (tertiary/aromatic N) is 2. The molecule has 1 aromatic carbocycles. The molecule has 2 N–H and O–H groups in total. The van der Waals surface area contributed by atoms with Gasteiger partial charge in [-0.2, -0.15) is 0 Å². The minimum absolute atomic E-state index is 0.00500. The molecule has 0 radical (unpaired) electrons. The fourth-order valence-corrected chi connectivity index (χ4v) is 1.42. The van der Waals surface area contributed by atoms with Gasteiger partial charge in [-0.25, -0.2) is 18.7 Å². The second-order valence-electron chi connectivity index (χ2n) is 3.41. The van der Waals surface area contributed by atoms with Crippen LogP contribution >= 0.6 is 0 Å². The first-order chi connectivity index (χ1) is 8.08. The van der Waals surface area contributed by atoms with Crippen molar-refractivity contribution >= 4 is 0 Å². The molecule has 0 saturated carbocycles. The Hall–Kier alpha value is -2.24. The molecule has 2 aromatic rings. The molecule has 0 atom stereocenters. The van der Waals surface area contributed by atoms with Gasteiger partial charge in [-0.05, 0) is 23.8 Å². The Labute approximate surface area is 95.2 Å². The van der Waals surface area contributed by atoms with Crippen molar-refractivity contribution < 1.29 is 19.0 Å². The van der Waals surface area contributed by atoms with Crippen LogP contribution in [0.4, 0.5) is 8.78 Å². The van der Waals surface area contributed by atoms with E-state index in [1.165, 1.54) is 0 Å². The lowest BCUT2D eigenvalue weighted by atomic mass is 10.1. The van der Waals surface area contributed by atoms with Crippen molar-refractivity contribution in [1.29, 1.82) is 0 Å². The number of benzene rings is 1. The van der Waals surface area contributed by atoms with Crippen molar-refractivity contribution in [2.45, 2.75) is 6.42 Å². The van der Waals surface area contributed by atoms with Gasteiger partial charge in [0.05, 0.1) is 5.56 Å². The predicted molar refractivity (Wildman–Crippen MR) is 54.5 cm³/mol. The van der Waals surface area contributed by atoms with Gasteiger partial charge in [-0.15, -0.1) is 0 Å². The van der Waals surface area contributed by atoms with Crippen molar-refractivity contribution in [2.75, 3.05) is 0 Å². The van der Waals surface area contributed by atoms with E-state index in [1.54, 1.807) is 0 Å². The monoisotopic (exact) mass is 238 g/mol. The predicted octanol–water partition coefficient (Wildman–Crippen LogP) is 1.76. The van der Waals surface area contributed by atoms with Crippen LogP contribution in [-0.2, 0) is 6.42 Å². The third-order valence-corrected chi connectivity index (χ3v) is 2.27. The first-order valence-electron chi connectivity index (χ1n) is 4.73. The van der Waals surface area contributed by atoms with Crippen molar-refractivity contribution in [3.8, 4) is 11.8 Å². The van der Waals surface area contributed by atoms with Crippen molar-refractivity contribution in [3.63, 3.8) is 0 Å². The summed E-state index contributed by atoms with van der Waals surface area (Å²) in [5.41, 5.74) is -0.0394. The van der Waals surface area contributed by atoms with E-state index in [4.69, 9.17) is 0 Å². The fraction of sp³-hybridized carbons (Fsp3) is 0.0909. The van der Waals surface area contributed by atoms with Crippen LogP contribution in [-0.4, -0.2) is 20.2 Å². The molecule has 88 valence electrons. The summed E-state index contributed by atoms with van der Waals surface area (Å²) in [4.78, 5) is 6.91. The van der Waals surface area contributed by atoms with E-state index in [0.29, 0.717) is 0 Å². The molecule has 0 aliphatic rings. The number of rotatable bonds is 2. The zero-order valence-corrected chi connectivity index (χ0v) is 8.56. The Bertz CT molecular complexity index is 541. The zero-order valence-electron chi connectivity index (χ0n) is 8.56. The normalized spacial score (nSPS) is 10.5. The second-order valence-corrected chi connectivity index (χ2v) is 3.41. The summed E-state index contributed by atoms with van der Waals surface area (Å²) >= 11 is 0. The summed E-state index contributed by atoms with van der Waals surface area (Å²) in [6.45, 7) is 0. The molecule has 6 heteroatoms. The maximum atomic E-state index is 13.3. The minimum atomic E-state index is -0.631. The number of hydrogen-bond acceptors (Lipinski definition) is 4. The first-order valence-corrected chi connectivity index (χ1v) is 4.73. The SMILES string of the molecule is Oc1ncnc(O)c1Cc1cc(F)ccc1F. The summed E-state index contributed by atoms with van der Waals surface area (Å²) in [7, 11) is 0. The largest absolute Gasteiger partial charge is 0.493 e. The highest BCUT2D eigenvalue weighted by atomic mass is 19.1. The highest BCUT2D eigenvalue weighted by Gasteiger charge is 2.13. The van der Waals surface area contributed by atoms with Crippen LogP contribution in [0.3, 0.4) is 0 Å². The first kappa shape index (κ1) is 11.3. The summed E-state index contributed by atoms with van der Waals surface area (Å²) < 4.78 is 26.3. The van der Waals surface area contributed by atoms with Crippen LogP contribution in [0.25, 0.3) is 0 Å². The van der Waals surface area contributed by atoms with E-state index in [-0.39, 0.29) is 17.5 Å². The molecule has 0 aliphatic carbocycles. The lowest BCUT2D eigenvalue weighted by molar-refractivity contribution is 0.410. The minimum Gasteiger partial charge on any atom is -0.493 e. The molecule has 0 saturated heterocycles. The van der Waals surface area contributed by atoms with E-state index in [2.05, 4.69) is 9.97 Å². The highest BCUT2D eigenvalue weighted by molar-refractivity contribution is 5.37. The Morgan fingerprint density at radius 1 is 1.06 bits per heavy atom. The molecule has 0 bridgehead atoms. The highest BCUT2D eigenvalue weighted by Crippen LogP contribution is 2.25. The van der Waals surface area contributed by atoms with E-state index < -0.39 is 23.4 Å². The fourth-order valence-electron chi connectivity index (χ4n) is 1.42. The van der Waals surface area contributed by atoms with E-state index in [1.807, 2.05) is 0 Å². The molecular formula is C11H8F2N2O2. The summed E-state index contributed by atoms with van der Waals surface area (Å²) in [5, 5.41) is 18.8. The Morgan fingerprint density at radius 3 is 2.35 bits per heavy atom. The Balaban J connectivity index is 2.41. The van der Waals surface area contributed by atoms with E-state index in [9.17, 15) is 19.0 Å². The van der Waals surface area contributed by atoms with Crippen LogP contribution < -0.4 is 0 Å². The summed E-state index contributed by atoms with van der Waals surface area (Å²) in [6, 6.07) is 2.95. The molecule has 0 unspecified atom stereocenters. The molecule has 0 amide bonds. The third-order valence-electron chi connectivity index (χ3n) is 2.27. The van der Waals surface area contributed by atoms with Crippen molar-refractivity contribution in [1.82, 2.24) is 9.97 Å². The molecular weight excluding hydrogens is 230 g/mol. The van der Waals surface area contributed by atoms with Gasteiger partial charge in [-0.1, -0.05) is 0 Å². The van der Waals surface area contributed by atoms with Gasteiger partial charge >= 0.3 is 0 Å². The third kappa shape index (κ3) is 2.30. The quantitative estimate of drug-likeness (QED) is 0.836. The average molecular weight is 238 g/mol. The topological polar surface area (TPSA) is 66.2 Å². The maximum absolute atomic E-state index is 13.3. The standard InChI is InChI=1S/C11H8F2N2O2/c12-7-1-2-9(13)6(3-7)4-8-10(16)14-5-15-11(8)17/h1-3,5H,4H2,(H2,14,15,16,17). The molecule has 4 nitrogen and oxygen atoms in total. The van der Waals surface area contributed by atoms with Gasteiger partial charge in [-0.3, -0.25) is 0 Å². The van der Waals surface area contributed by atoms with Gasteiger partial charge in [0, 0.05) is 6.42 Å². The van der Waals surface area contributed by atoms with Crippen molar-refractivity contribution in [3.05, 3.63) is 47.3 Å². The smallest absolute Gasteiger partial charge is 0.221 e.